The van der Waals surface area contributed by atoms with Crippen LogP contribution in [0.15, 0.2) is 64.2 Å². The number of hydrogen-bond acceptors (Lipinski definition) is 3. The Morgan fingerprint density at radius 2 is 2.11 bits per heavy atom. The first kappa shape index (κ1) is 22.8. The maximum absolute atomic E-state index is 13.6. The number of allylic oxidation sites excluding steroid dienone is 7. The van der Waals surface area contributed by atoms with Gasteiger partial charge in [-0.2, -0.15) is 0 Å². The first-order chi connectivity index (χ1) is 12.5. The average Bonchev–Trinajstić information content (AvgIpc) is 2.58. The van der Waals surface area contributed by atoms with Crippen LogP contribution >= 0.6 is 0 Å². The molecule has 1 unspecified atom stereocenters. The van der Waals surface area contributed by atoms with E-state index in [0.29, 0.717) is 42.8 Å². The summed E-state index contributed by atoms with van der Waals surface area (Å²) in [6.07, 6.45) is 7.40. The largest absolute Gasteiger partial charge is 0.401 e. The molecule has 1 aliphatic rings. The summed E-state index contributed by atoms with van der Waals surface area (Å²) in [4.78, 5) is 4.35. The molecule has 0 radical (unpaired) electrons. The van der Waals surface area contributed by atoms with Crippen molar-refractivity contribution in [3.8, 4) is 0 Å². The van der Waals surface area contributed by atoms with E-state index in [1.54, 1.807) is 0 Å². The molecule has 0 aromatic heterocycles. The highest BCUT2D eigenvalue weighted by Gasteiger charge is 2.35. The molecule has 1 atom stereocenters. The summed E-state index contributed by atoms with van der Waals surface area (Å²) in [7, 11) is 0. The van der Waals surface area contributed by atoms with Gasteiger partial charge in [-0.05, 0) is 37.3 Å². The number of nitrogens with one attached hydrogen (secondary N) is 1. The van der Waals surface area contributed by atoms with Crippen molar-refractivity contribution in [1.82, 2.24) is 5.32 Å². The van der Waals surface area contributed by atoms with Gasteiger partial charge in [0.15, 0.2) is 0 Å². The van der Waals surface area contributed by atoms with E-state index in [-0.39, 0.29) is 6.42 Å². The van der Waals surface area contributed by atoms with E-state index < -0.39 is 17.7 Å². The zero-order chi connectivity index (χ0) is 20.6. The third-order valence-electron chi connectivity index (χ3n) is 4.22. The summed E-state index contributed by atoms with van der Waals surface area (Å²) in [6, 6.07) is 0. The van der Waals surface area contributed by atoms with Gasteiger partial charge >= 0.3 is 0 Å². The molecule has 6 heteroatoms. The quantitative estimate of drug-likeness (QED) is 0.515. The van der Waals surface area contributed by atoms with Crippen molar-refractivity contribution in [1.29, 1.82) is 0 Å². The molecule has 0 aromatic rings. The Kier molecular flexibility index (Phi) is 8.60. The molecule has 0 bridgehead atoms. The van der Waals surface area contributed by atoms with Crippen LogP contribution in [0.25, 0.3) is 0 Å². The fraction of sp³-hybridized carbons (Fsp3) is 0.476. The second kappa shape index (κ2) is 10.2. The molecule has 0 fully saturated rings. The Morgan fingerprint density at radius 3 is 2.67 bits per heavy atom. The fourth-order valence-electron chi connectivity index (χ4n) is 2.50. The van der Waals surface area contributed by atoms with Crippen LogP contribution in [0.1, 0.15) is 47.0 Å². The second-order valence-electron chi connectivity index (χ2n) is 6.98. The highest BCUT2D eigenvalue weighted by atomic mass is 19.3. The number of nitrogens with zero attached hydrogens (tertiary/aromatic N) is 1. The Balaban J connectivity index is 2.58. The van der Waals surface area contributed by atoms with E-state index in [2.05, 4.69) is 30.7 Å². The number of halogens is 3. The second-order valence-corrected chi connectivity index (χ2v) is 6.98. The predicted octanol–water partition coefficient (Wildman–Crippen LogP) is 5.55. The molecule has 0 aromatic carbocycles. The Labute approximate surface area is 160 Å². The molecule has 27 heavy (non-hydrogen) atoms. The van der Waals surface area contributed by atoms with E-state index in [4.69, 9.17) is 5.73 Å². The average molecular weight is 381 g/mol. The van der Waals surface area contributed by atoms with Crippen LogP contribution in [0.3, 0.4) is 0 Å². The first-order valence-corrected chi connectivity index (χ1v) is 9.07. The maximum atomic E-state index is 13.6. The van der Waals surface area contributed by atoms with Crippen LogP contribution in [-0.2, 0) is 0 Å². The van der Waals surface area contributed by atoms with Crippen LogP contribution in [0.2, 0.25) is 0 Å². The number of alkyl halides is 3. The van der Waals surface area contributed by atoms with Gasteiger partial charge < -0.3 is 11.1 Å². The normalized spacial score (nSPS) is 19.3. The van der Waals surface area contributed by atoms with Gasteiger partial charge in [-0.3, -0.25) is 4.99 Å². The smallest absolute Gasteiger partial charge is 0.269 e. The molecular formula is C21H30F3N3. The van der Waals surface area contributed by atoms with Gasteiger partial charge in [0.1, 0.15) is 6.17 Å². The molecule has 1 rings (SSSR count). The van der Waals surface area contributed by atoms with Crippen molar-refractivity contribution in [3.05, 3.63) is 59.2 Å². The number of nitrogens with two attached hydrogens (primary N) is 1. The van der Waals surface area contributed by atoms with Crippen molar-refractivity contribution in [2.24, 2.45) is 16.6 Å². The van der Waals surface area contributed by atoms with Crippen molar-refractivity contribution in [2.45, 2.75) is 59.1 Å². The third-order valence-corrected chi connectivity index (χ3v) is 4.22. The minimum absolute atomic E-state index is 0.0833. The molecule has 0 amide bonds. The highest BCUT2D eigenvalue weighted by molar-refractivity contribution is 5.79. The van der Waals surface area contributed by atoms with Gasteiger partial charge in [-0.25, -0.2) is 13.2 Å². The molecular weight excluding hydrogens is 351 g/mol. The van der Waals surface area contributed by atoms with Crippen molar-refractivity contribution < 1.29 is 13.2 Å². The van der Waals surface area contributed by atoms with Crippen molar-refractivity contribution in [3.63, 3.8) is 0 Å². The summed E-state index contributed by atoms with van der Waals surface area (Å²) in [5, 5.41) is 2.86. The molecule has 0 saturated carbocycles. The topological polar surface area (TPSA) is 50.4 Å². The molecule has 3 nitrogen and oxygen atoms in total. The van der Waals surface area contributed by atoms with Gasteiger partial charge in [0.2, 0.25) is 0 Å². The lowest BCUT2D eigenvalue weighted by molar-refractivity contribution is 0.0467. The van der Waals surface area contributed by atoms with E-state index in [0.717, 1.165) is 11.6 Å². The van der Waals surface area contributed by atoms with Crippen LogP contribution < -0.4 is 11.1 Å². The molecule has 3 N–H and O–H groups in total. The molecule has 0 saturated heterocycles. The van der Waals surface area contributed by atoms with Gasteiger partial charge in [-0.1, -0.05) is 32.6 Å². The minimum Gasteiger partial charge on any atom is -0.401 e. The number of hydrogen-bond donors (Lipinski definition) is 2. The molecule has 0 heterocycles. The van der Waals surface area contributed by atoms with Crippen LogP contribution in [0, 0.1) is 5.92 Å². The van der Waals surface area contributed by atoms with Gasteiger partial charge in [-0.15, -0.1) is 0 Å². The fourth-order valence-corrected chi connectivity index (χ4v) is 2.50. The summed E-state index contributed by atoms with van der Waals surface area (Å²) in [5.74, 6) is -2.80. The summed E-state index contributed by atoms with van der Waals surface area (Å²) >= 11 is 0. The molecule has 0 aliphatic heterocycles. The van der Waals surface area contributed by atoms with Crippen molar-refractivity contribution >= 4 is 6.21 Å². The first-order valence-electron chi connectivity index (χ1n) is 9.07. The third kappa shape index (κ3) is 7.89. The highest BCUT2D eigenvalue weighted by Crippen LogP contribution is 2.32. The number of rotatable bonds is 9. The van der Waals surface area contributed by atoms with Crippen LogP contribution in [-0.4, -0.2) is 18.3 Å². The van der Waals surface area contributed by atoms with Gasteiger partial charge in [0, 0.05) is 48.4 Å². The summed E-state index contributed by atoms with van der Waals surface area (Å²) < 4.78 is 40.5. The van der Waals surface area contributed by atoms with E-state index >= 15 is 0 Å². The van der Waals surface area contributed by atoms with Crippen LogP contribution in [0.4, 0.5) is 13.2 Å². The lowest BCUT2D eigenvalue weighted by Crippen LogP contribution is -2.26. The number of aliphatic imine (C=N–C) groups is 1. The maximum Gasteiger partial charge on any atom is 0.269 e. The zero-order valence-electron chi connectivity index (χ0n) is 16.5. The van der Waals surface area contributed by atoms with E-state index in [1.807, 2.05) is 19.2 Å². The molecule has 150 valence electrons. The van der Waals surface area contributed by atoms with Gasteiger partial charge in [0.25, 0.3) is 5.92 Å². The lowest BCUT2D eigenvalue weighted by Gasteiger charge is -2.22. The Hall–Kier alpha value is -2.24. The Morgan fingerprint density at radius 1 is 1.44 bits per heavy atom. The minimum atomic E-state index is -3.19. The van der Waals surface area contributed by atoms with E-state index in [9.17, 15) is 13.2 Å². The van der Waals surface area contributed by atoms with Crippen molar-refractivity contribution in [2.75, 3.05) is 0 Å². The lowest BCUT2D eigenvalue weighted by atomic mass is 9.96. The van der Waals surface area contributed by atoms with Crippen LogP contribution in [0.5, 0.6) is 0 Å². The SMILES string of the molecule is C=C(CC/C(N)=C/NC1=CCC(F)C(C(C)(F)F)=C1)N=C/C(=C\C)C(C)C. The molecule has 0 spiro atoms. The van der Waals surface area contributed by atoms with E-state index in [1.165, 1.54) is 12.3 Å². The summed E-state index contributed by atoms with van der Waals surface area (Å²) in [5.41, 5.74) is 8.20. The zero-order valence-corrected chi connectivity index (χ0v) is 16.5. The Bertz CT molecular complexity index is 677. The monoisotopic (exact) mass is 381 g/mol. The standard InChI is InChI=1S/C21H30F3N3/c1-6-16(14(2)3)12-26-15(4)7-8-17(25)13-27-18-9-10-20(22)19(11-18)21(5,23)24/h6,9,11-14,20,27H,4,7-8,10,25H2,1-3,5H3/b16-6+,17-13-,26-12?. The van der Waals surface area contributed by atoms with Gasteiger partial charge in [0.05, 0.1) is 0 Å². The summed E-state index contributed by atoms with van der Waals surface area (Å²) in [6.45, 7) is 10.8. The predicted molar refractivity (Wildman–Crippen MR) is 107 cm³/mol. The molecule has 1 aliphatic carbocycles.